The summed E-state index contributed by atoms with van der Waals surface area (Å²) in [5.74, 6) is -0.369. The molecule has 0 aromatic heterocycles. The zero-order valence-electron chi connectivity index (χ0n) is 13.8. The fourth-order valence-electron chi connectivity index (χ4n) is 2.45. The van der Waals surface area contributed by atoms with Gasteiger partial charge in [0.25, 0.3) is 0 Å². The third-order valence-electron chi connectivity index (χ3n) is 4.11. The Labute approximate surface area is 142 Å². The van der Waals surface area contributed by atoms with Crippen LogP contribution in [-0.2, 0) is 10.0 Å². The van der Waals surface area contributed by atoms with E-state index in [4.69, 9.17) is 0 Å². The fourth-order valence-corrected chi connectivity index (χ4v) is 3.84. The van der Waals surface area contributed by atoms with Gasteiger partial charge in [-0.1, -0.05) is 30.3 Å². The van der Waals surface area contributed by atoms with E-state index in [1.165, 1.54) is 35.6 Å². The maximum absolute atomic E-state index is 12.9. The van der Waals surface area contributed by atoms with E-state index in [9.17, 15) is 17.9 Å². The minimum Gasteiger partial charge on any atom is -0.388 e. The second-order valence-electron chi connectivity index (χ2n) is 5.80. The Morgan fingerprint density at radius 1 is 1.04 bits per heavy atom. The fraction of sp³-hybridized carbons (Fsp3) is 0.333. The molecule has 0 radical (unpaired) electrons. The molecule has 0 aliphatic rings. The van der Waals surface area contributed by atoms with Gasteiger partial charge in [-0.15, -0.1) is 0 Å². The molecule has 0 amide bonds. The first-order chi connectivity index (χ1) is 11.3. The monoisotopic (exact) mass is 351 g/mol. The minimum absolute atomic E-state index is 0.286. The van der Waals surface area contributed by atoms with Crippen molar-refractivity contribution >= 4 is 15.7 Å². The number of halogens is 1. The Bertz CT molecular complexity index is 748. The molecular weight excluding hydrogens is 329 g/mol. The predicted octanol–water partition coefficient (Wildman–Crippen LogP) is 3.49. The second-order valence-corrected chi connectivity index (χ2v) is 8.19. The van der Waals surface area contributed by atoms with Gasteiger partial charge < -0.3 is 5.11 Å². The number of hydrogen-bond acceptors (Lipinski definition) is 3. The van der Waals surface area contributed by atoms with Crippen LogP contribution in [0.4, 0.5) is 10.1 Å². The van der Waals surface area contributed by atoms with Crippen molar-refractivity contribution in [1.29, 1.82) is 0 Å². The van der Waals surface area contributed by atoms with Gasteiger partial charge in [0.2, 0.25) is 10.0 Å². The number of para-hydroxylation sites is 1. The summed E-state index contributed by atoms with van der Waals surface area (Å²) in [6, 6.07) is 14.4. The molecule has 2 unspecified atom stereocenters. The normalized spacial score (nSPS) is 14.2. The molecular formula is C18H22FNO3S. The quantitative estimate of drug-likeness (QED) is 0.831. The van der Waals surface area contributed by atoms with Crippen molar-refractivity contribution < 1.29 is 17.9 Å². The molecule has 4 nitrogen and oxygen atoms in total. The Kier molecular flexibility index (Phi) is 5.96. The van der Waals surface area contributed by atoms with E-state index >= 15 is 0 Å². The van der Waals surface area contributed by atoms with Gasteiger partial charge in [-0.25, -0.2) is 12.8 Å². The van der Waals surface area contributed by atoms with Gasteiger partial charge in [-0.05, 0) is 49.6 Å². The van der Waals surface area contributed by atoms with Crippen LogP contribution in [0.3, 0.4) is 0 Å². The molecule has 0 bridgehead atoms. The number of anilines is 1. The van der Waals surface area contributed by atoms with Gasteiger partial charge in [0.1, 0.15) is 5.82 Å². The lowest BCUT2D eigenvalue weighted by Gasteiger charge is -2.24. The van der Waals surface area contributed by atoms with Crippen LogP contribution < -0.4 is 4.31 Å². The van der Waals surface area contributed by atoms with Crippen LogP contribution in [-0.4, -0.2) is 25.8 Å². The first-order valence-electron chi connectivity index (χ1n) is 7.78. The van der Waals surface area contributed by atoms with Crippen molar-refractivity contribution in [2.75, 3.05) is 11.4 Å². The third kappa shape index (κ3) is 4.33. The first-order valence-corrected chi connectivity index (χ1v) is 9.29. The van der Waals surface area contributed by atoms with Crippen LogP contribution in [0, 0.1) is 5.82 Å². The smallest absolute Gasteiger partial charge is 0.237 e. The number of rotatable bonds is 7. The molecule has 1 N–H and O–H groups in total. The van der Waals surface area contributed by atoms with Crippen LogP contribution in [0.5, 0.6) is 0 Å². The highest BCUT2D eigenvalue weighted by Gasteiger charge is 2.26. The van der Waals surface area contributed by atoms with Gasteiger partial charge in [0, 0.05) is 7.05 Å². The van der Waals surface area contributed by atoms with Gasteiger partial charge in [0.05, 0.1) is 17.0 Å². The highest BCUT2D eigenvalue weighted by Crippen LogP contribution is 2.24. The summed E-state index contributed by atoms with van der Waals surface area (Å²) < 4.78 is 39.4. The lowest BCUT2D eigenvalue weighted by atomic mass is 10.0. The summed E-state index contributed by atoms with van der Waals surface area (Å²) >= 11 is 0. The summed E-state index contributed by atoms with van der Waals surface area (Å²) in [5, 5.41) is 9.51. The molecule has 2 rings (SSSR count). The van der Waals surface area contributed by atoms with Crippen LogP contribution >= 0.6 is 0 Å². The SMILES string of the molecule is CC(CCC(O)c1ccc(F)cc1)S(=O)(=O)N(C)c1ccccc1. The average Bonchev–Trinajstić information content (AvgIpc) is 2.59. The lowest BCUT2D eigenvalue weighted by molar-refractivity contribution is 0.164. The van der Waals surface area contributed by atoms with Gasteiger partial charge in [-0.3, -0.25) is 4.31 Å². The number of hydrogen-bond donors (Lipinski definition) is 1. The van der Waals surface area contributed by atoms with E-state index < -0.39 is 21.4 Å². The molecule has 0 aliphatic carbocycles. The maximum atomic E-state index is 12.9. The Balaban J connectivity index is 2.00. The number of sulfonamides is 1. The molecule has 0 saturated carbocycles. The Morgan fingerprint density at radius 3 is 2.21 bits per heavy atom. The number of nitrogens with zero attached hydrogens (tertiary/aromatic N) is 1. The molecule has 2 aromatic rings. The molecule has 6 heteroatoms. The highest BCUT2D eigenvalue weighted by atomic mass is 32.2. The zero-order chi connectivity index (χ0) is 17.7. The van der Waals surface area contributed by atoms with Crippen LogP contribution in [0.1, 0.15) is 31.4 Å². The average molecular weight is 351 g/mol. The summed E-state index contributed by atoms with van der Waals surface area (Å²) in [6.07, 6.45) is -0.225. The highest BCUT2D eigenvalue weighted by molar-refractivity contribution is 7.93. The summed E-state index contributed by atoms with van der Waals surface area (Å²) in [7, 11) is -1.99. The first kappa shape index (κ1) is 18.4. The summed E-state index contributed by atoms with van der Waals surface area (Å²) in [4.78, 5) is 0. The van der Waals surface area contributed by atoms with Crippen molar-refractivity contribution in [3.8, 4) is 0 Å². The molecule has 0 heterocycles. The van der Waals surface area contributed by atoms with Crippen molar-refractivity contribution in [1.82, 2.24) is 0 Å². The van der Waals surface area contributed by atoms with E-state index in [1.807, 2.05) is 6.07 Å². The third-order valence-corrected chi connectivity index (χ3v) is 6.34. The van der Waals surface area contributed by atoms with Crippen molar-refractivity contribution in [2.24, 2.45) is 0 Å². The molecule has 0 saturated heterocycles. The maximum Gasteiger partial charge on any atom is 0.237 e. The molecule has 0 aliphatic heterocycles. The van der Waals surface area contributed by atoms with E-state index in [2.05, 4.69) is 0 Å². The van der Waals surface area contributed by atoms with Crippen LogP contribution in [0.25, 0.3) is 0 Å². The van der Waals surface area contributed by atoms with Crippen molar-refractivity contribution in [3.05, 3.63) is 66.0 Å². The Hall–Kier alpha value is -1.92. The number of aliphatic hydroxyl groups excluding tert-OH is 1. The molecule has 2 aromatic carbocycles. The van der Waals surface area contributed by atoms with Crippen LogP contribution in [0.15, 0.2) is 54.6 Å². The largest absolute Gasteiger partial charge is 0.388 e. The topological polar surface area (TPSA) is 57.6 Å². The standard InChI is InChI=1S/C18H22FNO3S/c1-14(8-13-18(21)15-9-11-16(19)12-10-15)24(22,23)20(2)17-6-4-3-5-7-17/h3-7,9-12,14,18,21H,8,13H2,1-2H3. The van der Waals surface area contributed by atoms with Crippen molar-refractivity contribution in [2.45, 2.75) is 31.1 Å². The van der Waals surface area contributed by atoms with E-state index in [0.29, 0.717) is 17.7 Å². The van der Waals surface area contributed by atoms with Crippen molar-refractivity contribution in [3.63, 3.8) is 0 Å². The van der Waals surface area contributed by atoms with Crippen LogP contribution in [0.2, 0.25) is 0 Å². The molecule has 24 heavy (non-hydrogen) atoms. The zero-order valence-corrected chi connectivity index (χ0v) is 14.6. The summed E-state index contributed by atoms with van der Waals surface area (Å²) in [5.41, 5.74) is 1.18. The van der Waals surface area contributed by atoms with Gasteiger partial charge >= 0.3 is 0 Å². The number of aliphatic hydroxyl groups is 1. The molecule has 0 fully saturated rings. The van der Waals surface area contributed by atoms with E-state index in [-0.39, 0.29) is 12.2 Å². The predicted molar refractivity (Wildman–Crippen MR) is 93.8 cm³/mol. The van der Waals surface area contributed by atoms with E-state index in [1.54, 1.807) is 31.2 Å². The molecule has 2 atom stereocenters. The van der Waals surface area contributed by atoms with Gasteiger partial charge in [0.15, 0.2) is 0 Å². The second kappa shape index (κ2) is 7.77. The lowest BCUT2D eigenvalue weighted by Crippen LogP contribution is -2.34. The molecule has 0 spiro atoms. The minimum atomic E-state index is -3.51. The number of benzene rings is 2. The van der Waals surface area contributed by atoms with Gasteiger partial charge in [-0.2, -0.15) is 0 Å². The molecule has 130 valence electrons. The van der Waals surface area contributed by atoms with E-state index in [0.717, 1.165) is 0 Å². The Morgan fingerprint density at radius 2 is 1.62 bits per heavy atom. The summed E-state index contributed by atoms with van der Waals surface area (Å²) in [6.45, 7) is 1.63.